The van der Waals surface area contributed by atoms with Crippen LogP contribution in [0.15, 0.2) is 54.7 Å². The fourth-order valence-corrected chi connectivity index (χ4v) is 6.03. The minimum atomic E-state index is -0.854. The first-order valence-electron chi connectivity index (χ1n) is 13.5. The molecule has 8 heteroatoms. The second-order valence-electron chi connectivity index (χ2n) is 10.6. The summed E-state index contributed by atoms with van der Waals surface area (Å²) in [6.07, 6.45) is 2.84. The van der Waals surface area contributed by atoms with Crippen molar-refractivity contribution < 1.29 is 28.5 Å². The molecule has 2 aliphatic rings. The molecule has 206 valence electrons. The lowest BCUT2D eigenvalue weighted by Gasteiger charge is -2.19. The van der Waals surface area contributed by atoms with Gasteiger partial charge in [-0.1, -0.05) is 12.1 Å². The molecule has 1 N–H and O–H groups in total. The molecule has 0 bridgehead atoms. The van der Waals surface area contributed by atoms with Gasteiger partial charge >= 0.3 is 5.97 Å². The van der Waals surface area contributed by atoms with Gasteiger partial charge in [0.05, 0.1) is 18.7 Å². The molecule has 7 nitrogen and oxygen atoms in total. The zero-order chi connectivity index (χ0) is 28.0. The van der Waals surface area contributed by atoms with E-state index in [9.17, 15) is 4.79 Å². The maximum Gasteiger partial charge on any atom is 0.304 e. The third kappa shape index (κ3) is 4.90. The van der Waals surface area contributed by atoms with Crippen molar-refractivity contribution in [2.24, 2.45) is 7.05 Å². The van der Waals surface area contributed by atoms with Crippen molar-refractivity contribution in [3.8, 4) is 28.4 Å². The van der Waals surface area contributed by atoms with Gasteiger partial charge in [0, 0.05) is 36.4 Å². The Morgan fingerprint density at radius 3 is 2.65 bits per heavy atom. The number of nitrogens with zero attached hydrogens (tertiary/aromatic N) is 2. The van der Waals surface area contributed by atoms with E-state index in [0.717, 1.165) is 44.8 Å². The Kier molecular flexibility index (Phi) is 6.70. The number of aromatic nitrogens is 2. The van der Waals surface area contributed by atoms with Crippen LogP contribution in [0.25, 0.3) is 11.1 Å². The molecule has 0 fully saturated rings. The number of carboxylic acids is 1. The van der Waals surface area contributed by atoms with Crippen molar-refractivity contribution in [1.29, 1.82) is 0 Å². The first kappa shape index (κ1) is 25.9. The average Bonchev–Trinajstić information content (AvgIpc) is 3.63. The molecule has 0 saturated carbocycles. The smallest absolute Gasteiger partial charge is 0.304 e. The second kappa shape index (κ2) is 10.3. The fraction of sp³-hybridized carbons (Fsp3) is 0.312. The summed E-state index contributed by atoms with van der Waals surface area (Å²) in [6, 6.07) is 14.8. The Morgan fingerprint density at radius 2 is 1.93 bits per heavy atom. The van der Waals surface area contributed by atoms with E-state index < -0.39 is 12.1 Å². The van der Waals surface area contributed by atoms with Crippen LogP contribution in [0.1, 0.15) is 58.4 Å². The number of halogens is 1. The minimum Gasteiger partial charge on any atom is -0.492 e. The van der Waals surface area contributed by atoms with Crippen molar-refractivity contribution in [3.63, 3.8) is 0 Å². The molecule has 1 aromatic heterocycles. The van der Waals surface area contributed by atoms with Gasteiger partial charge in [0.2, 0.25) is 0 Å². The lowest BCUT2D eigenvalue weighted by atomic mass is 9.90. The summed E-state index contributed by atoms with van der Waals surface area (Å²) in [5.41, 5.74) is 7.50. The molecular weight excluding hydrogens is 511 g/mol. The van der Waals surface area contributed by atoms with Crippen LogP contribution in [0.2, 0.25) is 0 Å². The van der Waals surface area contributed by atoms with Crippen molar-refractivity contribution in [2.75, 3.05) is 6.61 Å². The Bertz CT molecular complexity index is 1590. The SMILES string of the molecule is Cc1cc(OCc2ccn(C)n2)cc(C)c1-c1ccc(F)c2c1CC[C@H]2Oc1ccc2c(c1)OCC2CC(=O)O. The highest BCUT2D eigenvalue weighted by molar-refractivity contribution is 5.76. The largest absolute Gasteiger partial charge is 0.492 e. The topological polar surface area (TPSA) is 82.8 Å². The first-order chi connectivity index (χ1) is 19.3. The van der Waals surface area contributed by atoms with Gasteiger partial charge in [-0.3, -0.25) is 9.48 Å². The van der Waals surface area contributed by atoms with E-state index in [2.05, 4.69) is 18.9 Å². The molecule has 1 aliphatic heterocycles. The predicted octanol–water partition coefficient (Wildman–Crippen LogP) is 6.44. The Hall–Kier alpha value is -4.33. The highest BCUT2D eigenvalue weighted by Gasteiger charge is 2.32. The maximum atomic E-state index is 15.3. The fourth-order valence-electron chi connectivity index (χ4n) is 6.03. The Labute approximate surface area is 232 Å². The number of benzene rings is 3. The number of ether oxygens (including phenoxy) is 3. The number of aliphatic carboxylic acids is 1. The monoisotopic (exact) mass is 542 g/mol. The molecule has 3 aromatic carbocycles. The highest BCUT2D eigenvalue weighted by atomic mass is 19.1. The summed E-state index contributed by atoms with van der Waals surface area (Å²) in [6.45, 7) is 4.83. The highest BCUT2D eigenvalue weighted by Crippen LogP contribution is 2.45. The van der Waals surface area contributed by atoms with Gasteiger partial charge in [-0.05, 0) is 84.8 Å². The number of carbonyl (C=O) groups is 1. The summed E-state index contributed by atoms with van der Waals surface area (Å²) >= 11 is 0. The number of fused-ring (bicyclic) bond motifs is 2. The van der Waals surface area contributed by atoms with E-state index in [4.69, 9.17) is 19.3 Å². The van der Waals surface area contributed by atoms with Gasteiger partial charge in [-0.25, -0.2) is 4.39 Å². The summed E-state index contributed by atoms with van der Waals surface area (Å²) in [5, 5.41) is 13.5. The second-order valence-corrected chi connectivity index (χ2v) is 10.6. The molecule has 0 radical (unpaired) electrons. The van der Waals surface area contributed by atoms with E-state index in [1.165, 1.54) is 6.07 Å². The third-order valence-electron chi connectivity index (χ3n) is 7.78. The molecule has 2 heterocycles. The van der Waals surface area contributed by atoms with E-state index in [1.54, 1.807) is 10.7 Å². The molecule has 0 amide bonds. The van der Waals surface area contributed by atoms with Crippen LogP contribution in [0.3, 0.4) is 0 Å². The van der Waals surface area contributed by atoms with E-state index in [1.807, 2.05) is 49.6 Å². The van der Waals surface area contributed by atoms with Crippen LogP contribution in [-0.2, 0) is 24.9 Å². The Morgan fingerprint density at radius 1 is 1.12 bits per heavy atom. The van der Waals surface area contributed by atoms with Crippen molar-refractivity contribution in [2.45, 2.75) is 51.7 Å². The number of aryl methyl sites for hydroxylation is 3. The van der Waals surface area contributed by atoms with Crippen LogP contribution in [-0.4, -0.2) is 27.5 Å². The van der Waals surface area contributed by atoms with Gasteiger partial charge in [-0.15, -0.1) is 0 Å². The van der Waals surface area contributed by atoms with Gasteiger partial charge in [-0.2, -0.15) is 5.10 Å². The standard InChI is InChI=1S/C32H31FN2O5/c1-18-12-23(38-17-21-10-11-35(3)34-21)13-19(2)31(18)25-6-8-27(33)32-26(25)7-9-28(32)40-22-4-5-24-20(14-30(36)37)16-39-29(24)15-22/h4-6,8,10-13,15,20,28H,7,9,14,16-17H2,1-3H3,(H,36,37)/t20?,28-/m1/s1. The van der Waals surface area contributed by atoms with Crippen molar-refractivity contribution in [3.05, 3.63) is 94.1 Å². The average molecular weight is 543 g/mol. The first-order valence-corrected chi connectivity index (χ1v) is 13.5. The van der Waals surface area contributed by atoms with Crippen molar-refractivity contribution in [1.82, 2.24) is 9.78 Å². The Balaban J connectivity index is 1.24. The van der Waals surface area contributed by atoms with E-state index in [-0.39, 0.29) is 18.2 Å². The van der Waals surface area contributed by atoms with Crippen LogP contribution < -0.4 is 14.2 Å². The molecule has 2 atom stereocenters. The van der Waals surface area contributed by atoms with Crippen LogP contribution in [0, 0.1) is 19.7 Å². The molecule has 1 aliphatic carbocycles. The van der Waals surface area contributed by atoms with E-state index in [0.29, 0.717) is 43.1 Å². The lowest BCUT2D eigenvalue weighted by Crippen LogP contribution is -2.07. The number of carboxylic acid groups (broad SMARTS) is 1. The third-order valence-corrected chi connectivity index (χ3v) is 7.78. The summed E-state index contributed by atoms with van der Waals surface area (Å²) in [7, 11) is 1.88. The number of hydrogen-bond acceptors (Lipinski definition) is 5. The van der Waals surface area contributed by atoms with E-state index >= 15 is 4.39 Å². The minimum absolute atomic E-state index is 0.0212. The quantitative estimate of drug-likeness (QED) is 0.276. The molecule has 4 aromatic rings. The number of rotatable bonds is 8. The molecule has 1 unspecified atom stereocenters. The van der Waals surface area contributed by atoms with Crippen LogP contribution >= 0.6 is 0 Å². The summed E-state index contributed by atoms with van der Waals surface area (Å²) in [4.78, 5) is 11.2. The predicted molar refractivity (Wildman–Crippen MR) is 147 cm³/mol. The molecule has 0 spiro atoms. The van der Waals surface area contributed by atoms with Crippen LogP contribution in [0.5, 0.6) is 17.2 Å². The normalized spacial score (nSPS) is 17.3. The van der Waals surface area contributed by atoms with Crippen LogP contribution in [0.4, 0.5) is 4.39 Å². The zero-order valence-electron chi connectivity index (χ0n) is 22.7. The summed E-state index contributed by atoms with van der Waals surface area (Å²) < 4.78 is 35.1. The molecule has 0 saturated heterocycles. The summed E-state index contributed by atoms with van der Waals surface area (Å²) in [5.74, 6) is 0.686. The maximum absolute atomic E-state index is 15.3. The lowest BCUT2D eigenvalue weighted by molar-refractivity contribution is -0.137. The molecule has 6 rings (SSSR count). The van der Waals surface area contributed by atoms with Gasteiger partial charge in [0.1, 0.15) is 35.8 Å². The van der Waals surface area contributed by atoms with Crippen molar-refractivity contribution >= 4 is 5.97 Å². The zero-order valence-corrected chi connectivity index (χ0v) is 22.7. The molecular formula is C32H31FN2O5. The van der Waals surface area contributed by atoms with Gasteiger partial charge in [0.15, 0.2) is 0 Å². The van der Waals surface area contributed by atoms with Gasteiger partial charge < -0.3 is 19.3 Å². The van der Waals surface area contributed by atoms with Gasteiger partial charge in [0.25, 0.3) is 0 Å². The number of hydrogen-bond donors (Lipinski definition) is 1. The molecule has 40 heavy (non-hydrogen) atoms.